The molecule has 2 aromatic carbocycles. The minimum atomic E-state index is -4.58. The summed E-state index contributed by atoms with van der Waals surface area (Å²) >= 11 is 1.91. The third-order valence-electron chi connectivity index (χ3n) is 5.12. The quantitative estimate of drug-likeness (QED) is 0.414. The van der Waals surface area contributed by atoms with Crippen molar-refractivity contribution in [2.75, 3.05) is 11.9 Å². The van der Waals surface area contributed by atoms with Crippen LogP contribution >= 0.6 is 22.6 Å². The van der Waals surface area contributed by atoms with Crippen LogP contribution in [-0.2, 0) is 15.6 Å². The van der Waals surface area contributed by atoms with Gasteiger partial charge in [0.1, 0.15) is 11.4 Å². The summed E-state index contributed by atoms with van der Waals surface area (Å²) in [4.78, 5) is 0. The summed E-state index contributed by atoms with van der Waals surface area (Å²) in [6.45, 7) is -0.771. The molecule has 152 valence electrons. The Morgan fingerprint density at radius 2 is 1.89 bits per heavy atom. The van der Waals surface area contributed by atoms with Gasteiger partial charge in [0.2, 0.25) is 10.0 Å². The maximum Gasteiger partial charge on any atom is 0.220 e. The maximum atomic E-state index is 15.5. The number of alkyl halides is 1. The Labute approximate surface area is 175 Å². The highest BCUT2D eigenvalue weighted by atomic mass is 127. The molecule has 3 rings (SSSR count). The second-order valence-corrected chi connectivity index (χ2v) is 9.82. The number of hydrogen-bond acceptors (Lipinski definition) is 5. The van der Waals surface area contributed by atoms with Crippen molar-refractivity contribution in [3.8, 4) is 0 Å². The van der Waals surface area contributed by atoms with Gasteiger partial charge in [-0.3, -0.25) is 0 Å². The van der Waals surface area contributed by atoms with E-state index in [0.717, 1.165) is 0 Å². The largest absolute Gasteiger partial charge is 0.394 e. The number of nitrogens with one attached hydrogen (secondary N) is 1. The lowest BCUT2D eigenvalue weighted by atomic mass is 9.98. The maximum absolute atomic E-state index is 15.5. The molecule has 28 heavy (non-hydrogen) atoms. The highest BCUT2D eigenvalue weighted by molar-refractivity contribution is 14.1. The van der Waals surface area contributed by atoms with Gasteiger partial charge in [-0.05, 0) is 46.4 Å². The van der Waals surface area contributed by atoms with Crippen LogP contribution in [0.25, 0.3) is 0 Å². The molecule has 0 heterocycles. The van der Waals surface area contributed by atoms with Crippen molar-refractivity contribution in [3.63, 3.8) is 0 Å². The monoisotopic (exact) mass is 524 g/mol. The van der Waals surface area contributed by atoms with Crippen LogP contribution in [0.2, 0.25) is 0 Å². The lowest BCUT2D eigenvalue weighted by molar-refractivity contribution is 0.0830. The van der Waals surface area contributed by atoms with Crippen LogP contribution < -0.4 is 10.5 Å². The van der Waals surface area contributed by atoms with Crippen molar-refractivity contribution in [1.29, 1.82) is 0 Å². The normalized spacial score (nSPS) is 28.0. The summed E-state index contributed by atoms with van der Waals surface area (Å²) in [5, 5.41) is 27.2. The fourth-order valence-corrected chi connectivity index (χ4v) is 5.77. The molecule has 5 N–H and O–H groups in total. The predicted octanol–water partition coefficient (Wildman–Crippen LogP) is 1.86. The molecule has 1 saturated carbocycles. The molecule has 2 aromatic rings. The Morgan fingerprint density at radius 3 is 2.43 bits per heavy atom. The molecule has 0 radical (unpaired) electrons. The number of benzene rings is 2. The predicted molar refractivity (Wildman–Crippen MR) is 109 cm³/mol. The molecule has 1 aliphatic rings. The first-order valence-corrected chi connectivity index (χ1v) is 11.0. The van der Waals surface area contributed by atoms with Crippen LogP contribution in [0, 0.1) is 9.39 Å². The Hall–Kier alpha value is -1.34. The van der Waals surface area contributed by atoms with Gasteiger partial charge in [0.25, 0.3) is 0 Å². The van der Waals surface area contributed by atoms with E-state index in [1.54, 1.807) is 24.3 Å². The van der Waals surface area contributed by atoms with Gasteiger partial charge in [-0.15, -0.1) is 0 Å². The molecule has 1 aliphatic carbocycles. The van der Waals surface area contributed by atoms with Crippen molar-refractivity contribution >= 4 is 38.3 Å². The van der Waals surface area contributed by atoms with Crippen LogP contribution in [0.5, 0.6) is 0 Å². The first-order valence-electron chi connectivity index (χ1n) is 8.34. The van der Waals surface area contributed by atoms with E-state index in [-0.39, 0.29) is 11.3 Å². The van der Waals surface area contributed by atoms with E-state index in [0.29, 0.717) is 3.57 Å². The van der Waals surface area contributed by atoms with E-state index in [4.69, 9.17) is 5.14 Å². The molecule has 4 atom stereocenters. The van der Waals surface area contributed by atoms with E-state index in [2.05, 4.69) is 5.32 Å². The van der Waals surface area contributed by atoms with Gasteiger partial charge >= 0.3 is 0 Å². The Balaban J connectivity index is 2.20. The molecule has 0 saturated heterocycles. The summed E-state index contributed by atoms with van der Waals surface area (Å²) in [5.74, 6) is -0.688. The third kappa shape index (κ3) is 3.20. The smallest absolute Gasteiger partial charge is 0.220 e. The number of aliphatic hydroxyl groups is 2. The first kappa shape index (κ1) is 21.4. The van der Waals surface area contributed by atoms with Crippen LogP contribution in [-0.4, -0.2) is 42.3 Å². The topological polar surface area (TPSA) is 113 Å². The van der Waals surface area contributed by atoms with Gasteiger partial charge in [-0.1, -0.05) is 30.3 Å². The van der Waals surface area contributed by atoms with Gasteiger partial charge < -0.3 is 15.5 Å². The van der Waals surface area contributed by atoms with Gasteiger partial charge in [0.05, 0.1) is 18.4 Å². The zero-order valence-corrected chi connectivity index (χ0v) is 17.5. The van der Waals surface area contributed by atoms with E-state index in [1.165, 1.54) is 24.3 Å². The first-order chi connectivity index (χ1) is 13.1. The Morgan fingerprint density at radius 1 is 1.25 bits per heavy atom. The molecular formula is C18H19F2IN2O4S. The van der Waals surface area contributed by atoms with E-state index < -0.39 is 51.4 Å². The zero-order chi connectivity index (χ0) is 20.7. The molecule has 0 bridgehead atoms. The fraction of sp³-hybridized carbons (Fsp3) is 0.333. The van der Waals surface area contributed by atoms with Crippen LogP contribution in [0.4, 0.5) is 14.5 Å². The summed E-state index contributed by atoms with van der Waals surface area (Å²) in [5.41, 5.74) is -1.79. The second-order valence-electron chi connectivity index (χ2n) is 6.76. The SMILES string of the molecule is NS(=O)(=O)C1(CC(O)CO)C(F)C1(Nc1ccc(I)cc1F)c1ccccc1. The molecule has 1 fully saturated rings. The third-order valence-corrected chi connectivity index (χ3v) is 7.51. The molecule has 6 nitrogen and oxygen atoms in total. The Bertz CT molecular complexity index is 979. The number of halogens is 3. The zero-order valence-electron chi connectivity index (χ0n) is 14.5. The summed E-state index contributed by atoms with van der Waals surface area (Å²) < 4.78 is 53.3. The number of sulfonamides is 1. The lowest BCUT2D eigenvalue weighted by Gasteiger charge is -2.27. The van der Waals surface area contributed by atoms with Crippen LogP contribution in [0.1, 0.15) is 12.0 Å². The molecular weight excluding hydrogens is 505 g/mol. The number of primary sulfonamides is 1. The summed E-state index contributed by atoms with van der Waals surface area (Å²) in [6.07, 6.45) is -4.26. The van der Waals surface area contributed by atoms with E-state index in [9.17, 15) is 23.0 Å². The van der Waals surface area contributed by atoms with Gasteiger partial charge in [-0.25, -0.2) is 22.3 Å². The van der Waals surface area contributed by atoms with Crippen LogP contribution in [0.15, 0.2) is 48.5 Å². The lowest BCUT2D eigenvalue weighted by Crippen LogP contribution is -2.44. The number of rotatable bonds is 7. The number of aliphatic hydroxyl groups excluding tert-OH is 2. The molecule has 0 amide bonds. The van der Waals surface area contributed by atoms with Crippen LogP contribution in [0.3, 0.4) is 0 Å². The van der Waals surface area contributed by atoms with Crippen molar-refractivity contribution in [3.05, 3.63) is 63.5 Å². The van der Waals surface area contributed by atoms with E-state index in [1.807, 2.05) is 22.6 Å². The molecule has 4 unspecified atom stereocenters. The van der Waals surface area contributed by atoms with Crippen molar-refractivity contribution in [1.82, 2.24) is 0 Å². The average molecular weight is 524 g/mol. The number of hydrogen-bond donors (Lipinski definition) is 4. The Kier molecular flexibility index (Phi) is 5.71. The molecule has 10 heteroatoms. The summed E-state index contributed by atoms with van der Waals surface area (Å²) in [6, 6.07) is 12.0. The average Bonchev–Trinajstić information content (AvgIpc) is 3.17. The minimum Gasteiger partial charge on any atom is -0.394 e. The van der Waals surface area contributed by atoms with Crippen molar-refractivity contribution in [2.24, 2.45) is 5.14 Å². The molecule has 0 aliphatic heterocycles. The summed E-state index contributed by atoms with van der Waals surface area (Å²) in [7, 11) is -4.58. The highest BCUT2D eigenvalue weighted by Gasteiger charge is 2.85. The molecule has 0 spiro atoms. The minimum absolute atomic E-state index is 0.101. The number of nitrogens with two attached hydrogens (primary N) is 1. The second kappa shape index (κ2) is 7.48. The number of anilines is 1. The standard InChI is InChI=1S/C18H19F2IN2O4S/c19-14-8-12(21)6-7-15(14)23-18(11-4-2-1-3-5-11)16(20)17(18,28(22,26)27)9-13(25)10-24/h1-8,13,16,23-25H,9-10H2,(H2,22,26,27). The fourth-order valence-electron chi connectivity index (χ4n) is 3.76. The van der Waals surface area contributed by atoms with Crippen molar-refractivity contribution in [2.45, 2.75) is 29.0 Å². The van der Waals surface area contributed by atoms with Crippen molar-refractivity contribution < 1.29 is 27.4 Å². The van der Waals surface area contributed by atoms with Gasteiger partial charge in [0, 0.05) is 9.99 Å². The highest BCUT2D eigenvalue weighted by Crippen LogP contribution is 2.65. The van der Waals surface area contributed by atoms with Gasteiger partial charge in [0.15, 0.2) is 10.9 Å². The van der Waals surface area contributed by atoms with Gasteiger partial charge in [-0.2, -0.15) is 0 Å². The molecule has 0 aromatic heterocycles. The van der Waals surface area contributed by atoms with E-state index >= 15 is 4.39 Å².